The van der Waals surface area contributed by atoms with E-state index in [2.05, 4.69) is 5.32 Å². The van der Waals surface area contributed by atoms with Crippen molar-refractivity contribution in [2.75, 3.05) is 0 Å². The molecule has 0 spiro atoms. The van der Waals surface area contributed by atoms with Crippen LogP contribution in [-0.2, 0) is 34.0 Å². The summed E-state index contributed by atoms with van der Waals surface area (Å²) in [4.78, 5) is 11.8. The van der Waals surface area contributed by atoms with Gasteiger partial charge >= 0.3 is 18.3 Å². The Labute approximate surface area is 197 Å². The number of carboxylic acids is 1. The average Bonchev–Trinajstić information content (AvgIpc) is 3.07. The van der Waals surface area contributed by atoms with Crippen molar-refractivity contribution in [3.05, 3.63) is 70.8 Å². The smallest absolute Gasteiger partial charge is 0.416 e. The van der Waals surface area contributed by atoms with Gasteiger partial charge in [0.25, 0.3) is 0 Å². The highest BCUT2D eigenvalue weighted by Gasteiger charge is 2.56. The van der Waals surface area contributed by atoms with Crippen LogP contribution in [0.5, 0.6) is 0 Å². The molecule has 4 rings (SSSR count). The molecule has 0 saturated carbocycles. The van der Waals surface area contributed by atoms with Crippen molar-refractivity contribution < 1.29 is 41.0 Å². The van der Waals surface area contributed by atoms with Crippen LogP contribution in [0, 0.1) is 5.92 Å². The second kappa shape index (κ2) is 9.39. The number of aliphatic carboxylic acids is 1. The zero-order valence-electron chi connectivity index (χ0n) is 17.6. The summed E-state index contributed by atoms with van der Waals surface area (Å²) in [5, 5.41) is 13.0. The molecular formula is C23H22ClF6NO3. The van der Waals surface area contributed by atoms with Crippen molar-refractivity contribution in [1.29, 1.82) is 0 Å². The lowest BCUT2D eigenvalue weighted by Gasteiger charge is -2.42. The van der Waals surface area contributed by atoms with Crippen LogP contribution in [0.1, 0.15) is 41.5 Å². The lowest BCUT2D eigenvalue weighted by atomic mass is 9.80. The molecule has 2 fully saturated rings. The molecule has 0 unspecified atom stereocenters. The van der Waals surface area contributed by atoms with E-state index in [0.717, 1.165) is 5.56 Å². The van der Waals surface area contributed by atoms with E-state index in [1.165, 1.54) is 0 Å². The summed E-state index contributed by atoms with van der Waals surface area (Å²) >= 11 is 0. The fraction of sp³-hybridized carbons (Fsp3) is 0.435. The van der Waals surface area contributed by atoms with Crippen molar-refractivity contribution in [1.82, 2.24) is 5.32 Å². The van der Waals surface area contributed by atoms with Gasteiger partial charge in [0, 0.05) is 6.04 Å². The minimum Gasteiger partial charge on any atom is -0.481 e. The summed E-state index contributed by atoms with van der Waals surface area (Å²) in [5.74, 6) is -1.64. The van der Waals surface area contributed by atoms with Crippen LogP contribution in [0.4, 0.5) is 26.3 Å². The molecule has 2 aromatic rings. The Kier molecular flexibility index (Phi) is 7.27. The van der Waals surface area contributed by atoms with E-state index in [4.69, 9.17) is 4.74 Å². The predicted molar refractivity (Wildman–Crippen MR) is 112 cm³/mol. The lowest BCUT2D eigenvalue weighted by molar-refractivity contribution is -0.144. The summed E-state index contributed by atoms with van der Waals surface area (Å²) in [6.07, 6.45) is -9.43. The van der Waals surface area contributed by atoms with E-state index < -0.39 is 53.6 Å². The molecular weight excluding hydrogens is 488 g/mol. The van der Waals surface area contributed by atoms with Gasteiger partial charge in [-0.05, 0) is 48.6 Å². The van der Waals surface area contributed by atoms with Gasteiger partial charge in [-0.15, -0.1) is 12.4 Å². The van der Waals surface area contributed by atoms with Gasteiger partial charge < -0.3 is 15.2 Å². The molecule has 0 aliphatic carbocycles. The number of fused-ring (bicyclic) bond motifs is 2. The van der Waals surface area contributed by atoms with Gasteiger partial charge in [-0.3, -0.25) is 4.79 Å². The molecule has 2 aliphatic heterocycles. The normalized spacial score (nSPS) is 26.7. The summed E-state index contributed by atoms with van der Waals surface area (Å²) in [6, 6.07) is 10.1. The quantitative estimate of drug-likeness (QED) is 0.501. The lowest BCUT2D eigenvalue weighted by Crippen LogP contribution is -2.54. The molecule has 0 aromatic heterocycles. The number of hydrogen-bond acceptors (Lipinski definition) is 3. The maximum absolute atomic E-state index is 13.2. The molecule has 2 aromatic carbocycles. The molecule has 11 heteroatoms. The third kappa shape index (κ3) is 5.04. The van der Waals surface area contributed by atoms with Crippen LogP contribution in [0.3, 0.4) is 0 Å². The zero-order chi connectivity index (χ0) is 24.0. The standard InChI is InChI=1S/C23H21F6NO3.ClH/c24-22(25,26)15-8-13(9-16(10-15)23(27,28)29)12-33-19-7-6-18-17(20(31)32)11-21(19,30-18)14-4-2-1-3-5-14;/h1-5,8-10,17-19,30H,6-7,11-12H2,(H,31,32);1H/t17-,18+,19-,21-;/m1./s1. The van der Waals surface area contributed by atoms with Crippen molar-refractivity contribution in [2.45, 2.75) is 55.9 Å². The van der Waals surface area contributed by atoms with Gasteiger partial charge in [0.2, 0.25) is 0 Å². The van der Waals surface area contributed by atoms with Crippen molar-refractivity contribution in [3.8, 4) is 0 Å². The largest absolute Gasteiger partial charge is 0.481 e. The van der Waals surface area contributed by atoms with Crippen LogP contribution in [0.25, 0.3) is 0 Å². The van der Waals surface area contributed by atoms with Crippen LogP contribution in [0.15, 0.2) is 48.5 Å². The van der Waals surface area contributed by atoms with Crippen LogP contribution in [0.2, 0.25) is 0 Å². The first-order chi connectivity index (χ1) is 15.4. The monoisotopic (exact) mass is 509 g/mol. The molecule has 2 heterocycles. The first-order valence-electron chi connectivity index (χ1n) is 10.4. The highest BCUT2D eigenvalue weighted by Crippen LogP contribution is 2.47. The summed E-state index contributed by atoms with van der Waals surface area (Å²) in [5.41, 5.74) is -3.19. The number of hydrogen-bond donors (Lipinski definition) is 2. The van der Waals surface area contributed by atoms with Gasteiger partial charge in [-0.25, -0.2) is 0 Å². The van der Waals surface area contributed by atoms with Crippen molar-refractivity contribution >= 4 is 18.4 Å². The SMILES string of the molecule is Cl.O=C(O)[C@@H]1C[C@]2(c3ccccc3)N[C@H]1CC[C@H]2OCc1cc(C(F)(F)F)cc(C(F)(F)F)c1. The Balaban J connectivity index is 0.00000324. The molecule has 186 valence electrons. The number of piperidine rings is 1. The Bertz CT molecular complexity index is 997. The van der Waals surface area contributed by atoms with Crippen molar-refractivity contribution in [2.24, 2.45) is 5.92 Å². The fourth-order valence-corrected chi connectivity index (χ4v) is 4.96. The number of nitrogens with one attached hydrogen (secondary N) is 1. The van der Waals surface area contributed by atoms with E-state index >= 15 is 0 Å². The maximum Gasteiger partial charge on any atom is 0.416 e. The Morgan fingerprint density at radius 2 is 1.59 bits per heavy atom. The number of alkyl halides is 6. The highest BCUT2D eigenvalue weighted by molar-refractivity contribution is 5.85. The highest BCUT2D eigenvalue weighted by atomic mass is 35.5. The fourth-order valence-electron chi connectivity index (χ4n) is 4.96. The Morgan fingerprint density at radius 1 is 1.00 bits per heavy atom. The Morgan fingerprint density at radius 3 is 2.12 bits per heavy atom. The molecule has 0 radical (unpaired) electrons. The summed E-state index contributed by atoms with van der Waals surface area (Å²) in [7, 11) is 0. The minimum atomic E-state index is -4.94. The molecule has 2 N–H and O–H groups in total. The van der Waals surface area contributed by atoms with E-state index in [1.807, 2.05) is 12.1 Å². The average molecular weight is 510 g/mol. The summed E-state index contributed by atoms with van der Waals surface area (Å²) < 4.78 is 85.0. The van der Waals surface area contributed by atoms with Crippen LogP contribution in [-0.4, -0.2) is 23.2 Å². The molecule has 2 aliphatic rings. The van der Waals surface area contributed by atoms with Gasteiger partial charge in [0.1, 0.15) is 0 Å². The van der Waals surface area contributed by atoms with E-state index in [-0.39, 0.29) is 36.5 Å². The molecule has 0 amide bonds. The third-order valence-electron chi connectivity index (χ3n) is 6.46. The predicted octanol–water partition coefficient (Wildman–Crippen LogP) is 5.78. The van der Waals surface area contributed by atoms with E-state index in [9.17, 15) is 36.2 Å². The summed E-state index contributed by atoms with van der Waals surface area (Å²) in [6.45, 7) is -0.476. The second-order valence-corrected chi connectivity index (χ2v) is 8.53. The maximum atomic E-state index is 13.2. The molecule has 2 bridgehead atoms. The molecule has 2 saturated heterocycles. The molecule has 34 heavy (non-hydrogen) atoms. The molecule has 4 nitrogen and oxygen atoms in total. The van der Waals surface area contributed by atoms with E-state index in [1.54, 1.807) is 18.2 Å². The topological polar surface area (TPSA) is 58.6 Å². The van der Waals surface area contributed by atoms with Gasteiger partial charge in [0.15, 0.2) is 0 Å². The minimum absolute atomic E-state index is 0. The zero-order valence-corrected chi connectivity index (χ0v) is 18.4. The van der Waals surface area contributed by atoms with Gasteiger partial charge in [-0.2, -0.15) is 26.3 Å². The van der Waals surface area contributed by atoms with Gasteiger partial charge in [-0.1, -0.05) is 30.3 Å². The first-order valence-corrected chi connectivity index (χ1v) is 10.4. The number of carboxylic acid groups (broad SMARTS) is 1. The van der Waals surface area contributed by atoms with Crippen LogP contribution >= 0.6 is 12.4 Å². The van der Waals surface area contributed by atoms with Crippen molar-refractivity contribution in [3.63, 3.8) is 0 Å². The van der Waals surface area contributed by atoms with Gasteiger partial charge in [0.05, 0.1) is 35.3 Å². The third-order valence-corrected chi connectivity index (χ3v) is 6.46. The number of rotatable bonds is 5. The number of benzene rings is 2. The van der Waals surface area contributed by atoms with Crippen LogP contribution < -0.4 is 5.32 Å². The number of ether oxygens (including phenoxy) is 1. The second-order valence-electron chi connectivity index (χ2n) is 8.53. The Hall–Kier alpha value is -2.30. The first kappa shape index (κ1) is 26.3. The number of carbonyl (C=O) groups is 1. The molecule has 4 atom stereocenters. The number of halogens is 7. The van der Waals surface area contributed by atoms with E-state index in [0.29, 0.717) is 25.0 Å².